The lowest BCUT2D eigenvalue weighted by molar-refractivity contribution is -0.0277. The minimum atomic E-state index is -0.735. The highest BCUT2D eigenvalue weighted by atomic mass is 32.1. The average Bonchev–Trinajstić information content (AvgIpc) is 3.29. The van der Waals surface area contributed by atoms with Crippen LogP contribution in [0.4, 0.5) is 0 Å². The highest BCUT2D eigenvalue weighted by Gasteiger charge is 2.34. The van der Waals surface area contributed by atoms with Crippen molar-refractivity contribution >= 4 is 11.3 Å². The molecule has 124 valence electrons. The van der Waals surface area contributed by atoms with Crippen LogP contribution in [0, 0.1) is 0 Å². The number of nitrogens with one attached hydrogen (secondary N) is 1. The number of rotatable bonds is 4. The summed E-state index contributed by atoms with van der Waals surface area (Å²) in [7, 11) is 0. The van der Waals surface area contributed by atoms with Crippen LogP contribution in [0.1, 0.15) is 23.3 Å². The molecule has 4 rings (SSSR count). The molecular weight excluding hydrogens is 320 g/mol. The second-order valence-corrected chi connectivity index (χ2v) is 7.45. The van der Waals surface area contributed by atoms with Crippen molar-refractivity contribution < 1.29 is 5.11 Å². The summed E-state index contributed by atoms with van der Waals surface area (Å²) in [5, 5.41) is 17.9. The molecule has 5 nitrogen and oxygen atoms in total. The molecule has 1 aliphatic rings. The van der Waals surface area contributed by atoms with E-state index in [9.17, 15) is 5.11 Å². The molecule has 24 heavy (non-hydrogen) atoms. The topological polar surface area (TPSA) is 65.0 Å². The van der Waals surface area contributed by atoms with Gasteiger partial charge < -0.3 is 5.11 Å². The van der Waals surface area contributed by atoms with Gasteiger partial charge in [-0.15, -0.1) is 11.3 Å². The van der Waals surface area contributed by atoms with Crippen LogP contribution in [0.15, 0.2) is 48.9 Å². The Kier molecular flexibility index (Phi) is 4.18. The zero-order valence-electron chi connectivity index (χ0n) is 13.4. The molecule has 2 N–H and O–H groups in total. The van der Waals surface area contributed by atoms with Gasteiger partial charge in [0.05, 0.1) is 16.2 Å². The molecule has 0 radical (unpaired) electrons. The number of aromatic amines is 1. The SMILES string of the molecule is OC1(c2cccnc2)CCN(Cc2ccc(-c3ccn[nH]3)s2)CC1. The van der Waals surface area contributed by atoms with Crippen molar-refractivity contribution in [3.63, 3.8) is 0 Å². The van der Waals surface area contributed by atoms with Crippen molar-refractivity contribution in [2.75, 3.05) is 13.1 Å². The molecule has 3 aromatic heterocycles. The summed E-state index contributed by atoms with van der Waals surface area (Å²) in [5.74, 6) is 0. The number of hydrogen-bond donors (Lipinski definition) is 2. The van der Waals surface area contributed by atoms with Gasteiger partial charge in [0, 0.05) is 48.7 Å². The van der Waals surface area contributed by atoms with Crippen LogP contribution >= 0.6 is 11.3 Å². The van der Waals surface area contributed by atoms with Crippen molar-refractivity contribution in [1.82, 2.24) is 20.1 Å². The monoisotopic (exact) mass is 340 g/mol. The molecule has 0 aromatic carbocycles. The smallest absolute Gasteiger partial charge is 0.0935 e. The van der Waals surface area contributed by atoms with Crippen molar-refractivity contribution in [2.45, 2.75) is 25.0 Å². The van der Waals surface area contributed by atoms with Crippen LogP contribution < -0.4 is 0 Å². The molecule has 6 heteroatoms. The summed E-state index contributed by atoms with van der Waals surface area (Å²) in [6.07, 6.45) is 6.80. The lowest BCUT2D eigenvalue weighted by Crippen LogP contribution is -2.42. The highest BCUT2D eigenvalue weighted by Crippen LogP contribution is 2.34. The van der Waals surface area contributed by atoms with E-state index in [2.05, 4.69) is 32.2 Å². The first-order valence-corrected chi connectivity index (χ1v) is 8.98. The highest BCUT2D eigenvalue weighted by molar-refractivity contribution is 7.15. The summed E-state index contributed by atoms with van der Waals surface area (Å²) in [4.78, 5) is 9.10. The van der Waals surface area contributed by atoms with Gasteiger partial charge in [0.1, 0.15) is 0 Å². The fraction of sp³-hybridized carbons (Fsp3) is 0.333. The fourth-order valence-electron chi connectivity index (χ4n) is 3.23. The predicted molar refractivity (Wildman–Crippen MR) is 94.5 cm³/mol. The summed E-state index contributed by atoms with van der Waals surface area (Å²) in [5.41, 5.74) is 1.26. The van der Waals surface area contributed by atoms with E-state index in [1.165, 1.54) is 9.75 Å². The second-order valence-electron chi connectivity index (χ2n) is 6.29. The lowest BCUT2D eigenvalue weighted by atomic mass is 9.85. The molecule has 0 aliphatic carbocycles. The molecule has 1 fully saturated rings. The average molecular weight is 340 g/mol. The summed E-state index contributed by atoms with van der Waals surface area (Å²) in [6.45, 7) is 2.72. The molecule has 0 spiro atoms. The van der Waals surface area contributed by atoms with Gasteiger partial charge in [0.15, 0.2) is 0 Å². The van der Waals surface area contributed by atoms with Gasteiger partial charge in [-0.1, -0.05) is 6.07 Å². The minimum absolute atomic E-state index is 0.735. The molecule has 4 heterocycles. The summed E-state index contributed by atoms with van der Waals surface area (Å²) in [6, 6.07) is 10.2. The van der Waals surface area contributed by atoms with Crippen LogP contribution in [0.2, 0.25) is 0 Å². The van der Waals surface area contributed by atoms with Gasteiger partial charge in [-0.25, -0.2) is 0 Å². The van der Waals surface area contributed by atoms with E-state index in [-0.39, 0.29) is 0 Å². The number of aliphatic hydroxyl groups is 1. The van der Waals surface area contributed by atoms with E-state index in [1.807, 2.05) is 18.2 Å². The Labute approximate surface area is 145 Å². The lowest BCUT2D eigenvalue weighted by Gasteiger charge is -2.38. The number of nitrogens with zero attached hydrogens (tertiary/aromatic N) is 3. The Balaban J connectivity index is 1.38. The Bertz CT molecular complexity index is 776. The number of hydrogen-bond acceptors (Lipinski definition) is 5. The summed E-state index contributed by atoms with van der Waals surface area (Å²) >= 11 is 1.80. The molecule has 0 bridgehead atoms. The van der Waals surface area contributed by atoms with Crippen LogP contribution in [-0.4, -0.2) is 38.3 Å². The quantitative estimate of drug-likeness (QED) is 0.766. The largest absolute Gasteiger partial charge is 0.385 e. The molecular formula is C18H20N4OS. The molecule has 0 saturated carbocycles. The van der Waals surface area contributed by atoms with E-state index < -0.39 is 5.60 Å². The third-order valence-corrected chi connectivity index (χ3v) is 5.79. The summed E-state index contributed by atoms with van der Waals surface area (Å²) < 4.78 is 0. The fourth-order valence-corrected chi connectivity index (χ4v) is 4.25. The molecule has 0 atom stereocenters. The van der Waals surface area contributed by atoms with Crippen molar-refractivity contribution in [3.8, 4) is 10.6 Å². The minimum Gasteiger partial charge on any atom is -0.385 e. The molecule has 3 aromatic rings. The number of thiophene rings is 1. The normalized spacial score (nSPS) is 17.9. The molecule has 1 aliphatic heterocycles. The number of likely N-dealkylation sites (tertiary alicyclic amines) is 1. The molecule has 0 unspecified atom stereocenters. The Morgan fingerprint density at radius 3 is 2.75 bits per heavy atom. The van der Waals surface area contributed by atoms with Crippen LogP contribution in [0.5, 0.6) is 0 Å². The van der Waals surface area contributed by atoms with Crippen molar-refractivity contribution in [2.24, 2.45) is 0 Å². The predicted octanol–water partition coefficient (Wildman–Crippen LogP) is 3.02. The maximum absolute atomic E-state index is 10.9. The maximum atomic E-state index is 10.9. The van der Waals surface area contributed by atoms with Gasteiger partial charge in [-0.3, -0.25) is 15.0 Å². The standard InChI is InChI=1S/C18H20N4OS/c23-18(14-2-1-8-19-12-14)6-10-22(11-7-18)13-15-3-4-17(24-15)16-5-9-20-21-16/h1-5,8-9,12,23H,6-7,10-11,13H2,(H,20,21). The molecule has 0 amide bonds. The Morgan fingerprint density at radius 1 is 1.17 bits per heavy atom. The van der Waals surface area contributed by atoms with E-state index >= 15 is 0 Å². The third kappa shape index (κ3) is 3.13. The number of H-pyrrole nitrogens is 1. The second kappa shape index (κ2) is 6.47. The van der Waals surface area contributed by atoms with Crippen molar-refractivity contribution in [3.05, 3.63) is 59.4 Å². The number of aromatic nitrogens is 3. The van der Waals surface area contributed by atoms with Crippen LogP contribution in [0.25, 0.3) is 10.6 Å². The third-order valence-electron chi connectivity index (χ3n) is 4.69. The number of pyridine rings is 1. The van der Waals surface area contributed by atoms with Gasteiger partial charge in [-0.05, 0) is 37.1 Å². The maximum Gasteiger partial charge on any atom is 0.0935 e. The first-order chi connectivity index (χ1) is 11.7. The zero-order chi connectivity index (χ0) is 16.4. The van der Waals surface area contributed by atoms with E-state index in [0.717, 1.165) is 43.7 Å². The van der Waals surface area contributed by atoms with E-state index in [4.69, 9.17) is 0 Å². The number of piperidine rings is 1. The molecule has 1 saturated heterocycles. The first-order valence-electron chi connectivity index (χ1n) is 8.17. The van der Waals surface area contributed by atoms with Gasteiger partial charge >= 0.3 is 0 Å². The van der Waals surface area contributed by atoms with Gasteiger partial charge in [0.25, 0.3) is 0 Å². The van der Waals surface area contributed by atoms with Gasteiger partial charge in [-0.2, -0.15) is 5.10 Å². The van der Waals surface area contributed by atoms with Gasteiger partial charge in [0.2, 0.25) is 0 Å². The van der Waals surface area contributed by atoms with Crippen LogP contribution in [-0.2, 0) is 12.1 Å². The van der Waals surface area contributed by atoms with Crippen LogP contribution in [0.3, 0.4) is 0 Å². The van der Waals surface area contributed by atoms with E-state index in [0.29, 0.717) is 0 Å². The zero-order valence-corrected chi connectivity index (χ0v) is 14.2. The van der Waals surface area contributed by atoms with Crippen molar-refractivity contribution in [1.29, 1.82) is 0 Å². The Hall–Kier alpha value is -2.02. The Morgan fingerprint density at radius 2 is 2.04 bits per heavy atom. The van der Waals surface area contributed by atoms with E-state index in [1.54, 1.807) is 29.9 Å². The first kappa shape index (κ1) is 15.5.